The number of halogens is 1. The van der Waals surface area contributed by atoms with Crippen molar-refractivity contribution in [2.24, 2.45) is 0 Å². The molecule has 2 aromatic rings. The van der Waals surface area contributed by atoms with Gasteiger partial charge in [0.05, 0.1) is 11.3 Å². The van der Waals surface area contributed by atoms with Crippen LogP contribution in [0.4, 0.5) is 17.2 Å². The zero-order valence-corrected chi connectivity index (χ0v) is 11.7. The molecule has 0 saturated heterocycles. The van der Waals surface area contributed by atoms with Crippen molar-refractivity contribution in [1.82, 2.24) is 4.98 Å². The number of pyridine rings is 1. The second kappa shape index (κ2) is 5.27. The third kappa shape index (κ3) is 3.03. The molecule has 19 heavy (non-hydrogen) atoms. The van der Waals surface area contributed by atoms with E-state index in [-0.39, 0.29) is 11.3 Å². The molecule has 0 aliphatic rings. The largest absolute Gasteiger partial charge is 0.478 e. The molecule has 2 rings (SSSR count). The molecule has 6 heteroatoms. The van der Waals surface area contributed by atoms with Gasteiger partial charge in [0, 0.05) is 16.4 Å². The Hall–Kier alpha value is -2.08. The quantitative estimate of drug-likeness (QED) is 0.808. The molecule has 1 aromatic heterocycles. The number of aryl methyl sites for hydroxylation is 1. The van der Waals surface area contributed by atoms with E-state index < -0.39 is 5.97 Å². The Bertz CT molecular complexity index is 644. The molecule has 0 radical (unpaired) electrons. The van der Waals surface area contributed by atoms with Gasteiger partial charge < -0.3 is 16.2 Å². The van der Waals surface area contributed by atoms with Gasteiger partial charge in [0.25, 0.3) is 0 Å². The molecule has 0 fully saturated rings. The first kappa shape index (κ1) is 13.4. The van der Waals surface area contributed by atoms with E-state index in [1.165, 1.54) is 12.3 Å². The first-order valence-corrected chi connectivity index (χ1v) is 6.28. The number of nitrogens with one attached hydrogen (secondary N) is 1. The Kier molecular flexibility index (Phi) is 3.71. The van der Waals surface area contributed by atoms with E-state index >= 15 is 0 Å². The van der Waals surface area contributed by atoms with Gasteiger partial charge in [-0.15, -0.1) is 0 Å². The molecule has 1 heterocycles. The molecular formula is C13H12BrN3O2. The first-order chi connectivity index (χ1) is 8.97. The normalized spacial score (nSPS) is 10.2. The maximum atomic E-state index is 10.8. The number of nitrogens with zero attached hydrogens (tertiary/aromatic N) is 1. The van der Waals surface area contributed by atoms with Crippen LogP contribution >= 0.6 is 15.9 Å². The molecule has 0 saturated carbocycles. The van der Waals surface area contributed by atoms with Crippen molar-refractivity contribution in [3.05, 3.63) is 46.1 Å². The summed E-state index contributed by atoms with van der Waals surface area (Å²) in [4.78, 5) is 14.8. The topological polar surface area (TPSA) is 88.2 Å². The maximum absolute atomic E-state index is 10.8. The van der Waals surface area contributed by atoms with E-state index in [1.54, 1.807) is 0 Å². The van der Waals surface area contributed by atoms with Gasteiger partial charge in [0.15, 0.2) is 5.82 Å². The molecule has 0 spiro atoms. The van der Waals surface area contributed by atoms with Gasteiger partial charge in [-0.1, -0.05) is 22.0 Å². The fourth-order valence-electron chi connectivity index (χ4n) is 1.51. The number of benzene rings is 1. The SMILES string of the molecule is Cc1ccc(Nc2ncc(C(=O)O)cc2N)cc1Br. The Morgan fingerprint density at radius 2 is 2.16 bits per heavy atom. The number of hydrogen-bond acceptors (Lipinski definition) is 4. The highest BCUT2D eigenvalue weighted by Gasteiger charge is 2.08. The highest BCUT2D eigenvalue weighted by molar-refractivity contribution is 9.10. The summed E-state index contributed by atoms with van der Waals surface area (Å²) >= 11 is 3.44. The minimum Gasteiger partial charge on any atom is -0.478 e. The van der Waals surface area contributed by atoms with Gasteiger partial charge in [-0.2, -0.15) is 0 Å². The van der Waals surface area contributed by atoms with Crippen LogP contribution in [-0.2, 0) is 0 Å². The Morgan fingerprint density at radius 1 is 1.42 bits per heavy atom. The molecule has 5 nitrogen and oxygen atoms in total. The molecule has 0 bridgehead atoms. The number of anilines is 3. The van der Waals surface area contributed by atoms with Gasteiger partial charge in [0.2, 0.25) is 0 Å². The molecule has 0 atom stereocenters. The minimum atomic E-state index is -1.05. The summed E-state index contributed by atoms with van der Waals surface area (Å²) in [5, 5.41) is 11.9. The zero-order chi connectivity index (χ0) is 14.0. The van der Waals surface area contributed by atoms with E-state index in [9.17, 15) is 4.79 Å². The molecule has 0 aliphatic heterocycles. The molecule has 98 valence electrons. The lowest BCUT2D eigenvalue weighted by Crippen LogP contribution is -2.03. The average molecular weight is 322 g/mol. The lowest BCUT2D eigenvalue weighted by molar-refractivity contribution is 0.0696. The smallest absolute Gasteiger partial charge is 0.337 e. The molecule has 0 aliphatic carbocycles. The van der Waals surface area contributed by atoms with Crippen molar-refractivity contribution >= 4 is 39.1 Å². The van der Waals surface area contributed by atoms with Crippen LogP contribution in [0.25, 0.3) is 0 Å². The highest BCUT2D eigenvalue weighted by Crippen LogP contribution is 2.25. The van der Waals surface area contributed by atoms with Crippen molar-refractivity contribution in [2.75, 3.05) is 11.1 Å². The summed E-state index contributed by atoms with van der Waals surface area (Å²) in [6, 6.07) is 7.13. The monoisotopic (exact) mass is 321 g/mol. The van der Waals surface area contributed by atoms with E-state index in [0.717, 1.165) is 15.7 Å². The van der Waals surface area contributed by atoms with E-state index in [2.05, 4.69) is 26.2 Å². The number of carboxylic acid groups (broad SMARTS) is 1. The number of carbonyl (C=O) groups is 1. The van der Waals surface area contributed by atoms with E-state index in [0.29, 0.717) is 5.82 Å². The van der Waals surface area contributed by atoms with Gasteiger partial charge in [0.1, 0.15) is 0 Å². The highest BCUT2D eigenvalue weighted by atomic mass is 79.9. The predicted molar refractivity (Wildman–Crippen MR) is 77.8 cm³/mol. The average Bonchev–Trinajstić information content (AvgIpc) is 2.36. The lowest BCUT2D eigenvalue weighted by Gasteiger charge is -2.10. The Balaban J connectivity index is 2.28. The van der Waals surface area contributed by atoms with Crippen LogP contribution in [0.15, 0.2) is 34.9 Å². The van der Waals surface area contributed by atoms with Crippen LogP contribution in [-0.4, -0.2) is 16.1 Å². The standard InChI is InChI=1S/C13H12BrN3O2/c1-7-2-3-9(5-10(7)14)17-12-11(15)4-8(6-16-12)13(18)19/h2-6H,15H2,1H3,(H,16,17)(H,18,19). The summed E-state index contributed by atoms with van der Waals surface area (Å²) in [6.45, 7) is 1.99. The first-order valence-electron chi connectivity index (χ1n) is 5.49. The molecule has 4 N–H and O–H groups in total. The lowest BCUT2D eigenvalue weighted by atomic mass is 10.2. The third-order valence-electron chi connectivity index (χ3n) is 2.60. The minimum absolute atomic E-state index is 0.0631. The fraction of sp³-hybridized carbons (Fsp3) is 0.0769. The van der Waals surface area contributed by atoms with Crippen LogP contribution in [0.2, 0.25) is 0 Å². The third-order valence-corrected chi connectivity index (χ3v) is 3.45. The second-order valence-corrected chi connectivity index (χ2v) is 4.91. The molecule has 1 aromatic carbocycles. The summed E-state index contributed by atoms with van der Waals surface area (Å²) in [5.74, 6) is -0.621. The molecular weight excluding hydrogens is 310 g/mol. The van der Waals surface area contributed by atoms with Crippen LogP contribution in [0.5, 0.6) is 0 Å². The summed E-state index contributed by atoms with van der Waals surface area (Å²) in [5.41, 5.74) is 8.06. The van der Waals surface area contributed by atoms with Gasteiger partial charge in [-0.25, -0.2) is 9.78 Å². The number of nitrogen functional groups attached to an aromatic ring is 1. The van der Waals surface area contributed by atoms with Gasteiger partial charge in [-0.3, -0.25) is 0 Å². The van der Waals surface area contributed by atoms with Gasteiger partial charge >= 0.3 is 5.97 Å². The van der Waals surface area contributed by atoms with E-state index in [4.69, 9.17) is 10.8 Å². The molecule has 0 amide bonds. The van der Waals surface area contributed by atoms with Crippen molar-refractivity contribution in [1.29, 1.82) is 0 Å². The van der Waals surface area contributed by atoms with E-state index in [1.807, 2.05) is 25.1 Å². The van der Waals surface area contributed by atoms with Crippen molar-refractivity contribution in [3.63, 3.8) is 0 Å². The van der Waals surface area contributed by atoms with Crippen LogP contribution < -0.4 is 11.1 Å². The van der Waals surface area contributed by atoms with Crippen molar-refractivity contribution in [3.8, 4) is 0 Å². The number of aromatic nitrogens is 1. The number of carboxylic acids is 1. The number of nitrogens with two attached hydrogens (primary N) is 1. The second-order valence-electron chi connectivity index (χ2n) is 4.06. The molecule has 0 unspecified atom stereocenters. The Labute approximate surface area is 118 Å². The fourth-order valence-corrected chi connectivity index (χ4v) is 1.89. The summed E-state index contributed by atoms with van der Waals surface area (Å²) in [6.07, 6.45) is 1.27. The van der Waals surface area contributed by atoms with Crippen LogP contribution in [0.3, 0.4) is 0 Å². The van der Waals surface area contributed by atoms with Crippen LogP contribution in [0.1, 0.15) is 15.9 Å². The number of aromatic carboxylic acids is 1. The summed E-state index contributed by atoms with van der Waals surface area (Å²) in [7, 11) is 0. The van der Waals surface area contributed by atoms with Crippen molar-refractivity contribution < 1.29 is 9.90 Å². The number of hydrogen-bond donors (Lipinski definition) is 3. The zero-order valence-electron chi connectivity index (χ0n) is 10.1. The van der Waals surface area contributed by atoms with Gasteiger partial charge in [-0.05, 0) is 30.7 Å². The maximum Gasteiger partial charge on any atom is 0.337 e. The summed E-state index contributed by atoms with van der Waals surface area (Å²) < 4.78 is 0.971. The number of rotatable bonds is 3. The Morgan fingerprint density at radius 3 is 2.74 bits per heavy atom. The van der Waals surface area contributed by atoms with Crippen LogP contribution in [0, 0.1) is 6.92 Å². The predicted octanol–water partition coefficient (Wildman–Crippen LogP) is 3.18. The van der Waals surface area contributed by atoms with Crippen molar-refractivity contribution in [2.45, 2.75) is 6.92 Å².